The fourth-order valence-corrected chi connectivity index (χ4v) is 5.85. The van der Waals surface area contributed by atoms with E-state index in [1.165, 1.54) is 55.1 Å². The number of rotatable bonds is 7. The molecule has 4 amide bonds. The van der Waals surface area contributed by atoms with Crippen LogP contribution in [0.1, 0.15) is 59.5 Å². The number of esters is 1. The Morgan fingerprint density at radius 3 is 2.18 bits per heavy atom. The molecule has 1 aliphatic heterocycles. The normalized spacial score (nSPS) is 15.1. The summed E-state index contributed by atoms with van der Waals surface area (Å²) in [6.07, 6.45) is -0.694. The Labute approximate surface area is 291 Å². The molecule has 11 nitrogen and oxygen atoms in total. The Hall–Kier alpha value is -5.71. The average Bonchev–Trinajstić information content (AvgIpc) is 3.21. The van der Waals surface area contributed by atoms with Crippen molar-refractivity contribution in [2.24, 2.45) is 0 Å². The highest BCUT2D eigenvalue weighted by Gasteiger charge is 2.39. The lowest BCUT2D eigenvalue weighted by Crippen LogP contribution is -2.57. The van der Waals surface area contributed by atoms with Crippen LogP contribution in [0.2, 0.25) is 0 Å². The smallest absolute Gasteiger partial charge is 0.410 e. The van der Waals surface area contributed by atoms with Gasteiger partial charge in [0.25, 0.3) is 11.8 Å². The van der Waals surface area contributed by atoms with E-state index in [1.54, 1.807) is 49.9 Å². The van der Waals surface area contributed by atoms with Gasteiger partial charge in [-0.15, -0.1) is 0 Å². The summed E-state index contributed by atoms with van der Waals surface area (Å²) in [4.78, 5) is 71.8. The number of amides is 4. The summed E-state index contributed by atoms with van der Waals surface area (Å²) < 4.78 is 10.3. The van der Waals surface area contributed by atoms with Gasteiger partial charge in [0.05, 0.1) is 37.1 Å². The molecule has 0 spiro atoms. The molecule has 0 saturated carbocycles. The molecule has 0 aromatic heterocycles. The molecule has 2 atom stereocenters. The number of likely N-dealkylation sites (N-methyl/N-ethyl adjacent to an activating group) is 1. The van der Waals surface area contributed by atoms with E-state index in [9.17, 15) is 24.0 Å². The van der Waals surface area contributed by atoms with Gasteiger partial charge in [-0.1, -0.05) is 48.5 Å². The van der Waals surface area contributed by atoms with Gasteiger partial charge in [-0.3, -0.25) is 19.3 Å². The first kappa shape index (κ1) is 35.6. The van der Waals surface area contributed by atoms with Gasteiger partial charge < -0.3 is 24.6 Å². The van der Waals surface area contributed by atoms with E-state index in [4.69, 9.17) is 9.47 Å². The molecule has 11 heteroatoms. The summed E-state index contributed by atoms with van der Waals surface area (Å²) in [6, 6.07) is 22.9. The summed E-state index contributed by atoms with van der Waals surface area (Å²) >= 11 is 0. The number of para-hydroxylation sites is 2. The topological polar surface area (TPSA) is 126 Å². The average molecular weight is 679 g/mol. The van der Waals surface area contributed by atoms with E-state index in [0.717, 1.165) is 21.9 Å². The maximum absolute atomic E-state index is 14.7. The molecule has 0 bridgehead atoms. The van der Waals surface area contributed by atoms with E-state index in [-0.39, 0.29) is 24.2 Å². The molecule has 4 aromatic rings. The predicted octanol–water partition coefficient (Wildman–Crippen LogP) is 5.87. The molecule has 2 unspecified atom stereocenters. The summed E-state index contributed by atoms with van der Waals surface area (Å²) in [7, 11) is 2.73. The molecule has 0 radical (unpaired) electrons. The van der Waals surface area contributed by atoms with Gasteiger partial charge in [0.15, 0.2) is 0 Å². The molecule has 0 aliphatic carbocycles. The van der Waals surface area contributed by atoms with Crippen LogP contribution in [0.3, 0.4) is 0 Å². The Morgan fingerprint density at radius 2 is 1.52 bits per heavy atom. The zero-order chi connectivity index (χ0) is 36.3. The number of methoxy groups -OCH3 is 1. The van der Waals surface area contributed by atoms with Crippen LogP contribution in [0, 0.1) is 6.92 Å². The first-order valence-electron chi connectivity index (χ1n) is 16.3. The van der Waals surface area contributed by atoms with E-state index < -0.39 is 47.5 Å². The minimum absolute atomic E-state index is 0.165. The largest absolute Gasteiger partial charge is 0.465 e. The van der Waals surface area contributed by atoms with Crippen molar-refractivity contribution in [3.05, 3.63) is 107 Å². The van der Waals surface area contributed by atoms with Gasteiger partial charge in [-0.2, -0.15) is 0 Å². The van der Waals surface area contributed by atoms with Crippen LogP contribution >= 0.6 is 0 Å². The van der Waals surface area contributed by atoms with Crippen LogP contribution < -0.4 is 15.1 Å². The van der Waals surface area contributed by atoms with Gasteiger partial charge in [0.1, 0.15) is 17.7 Å². The summed E-state index contributed by atoms with van der Waals surface area (Å²) in [6.45, 7) is 8.67. The summed E-state index contributed by atoms with van der Waals surface area (Å²) in [5.41, 5.74) is 2.62. The number of hydrogen-bond acceptors (Lipinski definition) is 7. The zero-order valence-corrected chi connectivity index (χ0v) is 29.4. The van der Waals surface area contributed by atoms with Crippen LogP contribution in [-0.4, -0.2) is 73.1 Å². The number of anilines is 2. The summed E-state index contributed by atoms with van der Waals surface area (Å²) in [5.74, 6) is -2.01. The Balaban J connectivity index is 1.57. The lowest BCUT2D eigenvalue weighted by molar-refractivity contribution is -0.130. The maximum Gasteiger partial charge on any atom is 0.410 e. The number of benzene rings is 4. The second kappa shape index (κ2) is 14.4. The fourth-order valence-electron chi connectivity index (χ4n) is 5.85. The first-order chi connectivity index (χ1) is 23.7. The van der Waals surface area contributed by atoms with Crippen LogP contribution in [-0.2, 0) is 25.6 Å². The molecule has 1 N–H and O–H groups in total. The Morgan fingerprint density at radius 1 is 0.900 bits per heavy atom. The minimum atomic E-state index is -1.20. The summed E-state index contributed by atoms with van der Waals surface area (Å²) in [5, 5.41) is 4.84. The van der Waals surface area contributed by atoms with Crippen molar-refractivity contribution >= 4 is 51.9 Å². The third-order valence-electron chi connectivity index (χ3n) is 8.74. The van der Waals surface area contributed by atoms with Crippen molar-refractivity contribution in [3.63, 3.8) is 0 Å². The second-order valence-electron chi connectivity index (χ2n) is 13.3. The maximum atomic E-state index is 14.7. The number of fused-ring (bicyclic) bond motifs is 2. The quantitative estimate of drug-likeness (QED) is 0.243. The molecule has 1 aliphatic rings. The van der Waals surface area contributed by atoms with Crippen molar-refractivity contribution in [2.75, 3.05) is 30.5 Å². The molecule has 260 valence electrons. The van der Waals surface area contributed by atoms with Crippen LogP contribution in [0.4, 0.5) is 16.2 Å². The number of aryl methyl sites for hydroxylation is 1. The molecule has 1 heterocycles. The van der Waals surface area contributed by atoms with Crippen molar-refractivity contribution in [1.29, 1.82) is 0 Å². The van der Waals surface area contributed by atoms with Crippen LogP contribution in [0.25, 0.3) is 10.8 Å². The number of nitrogens with one attached hydrogen (secondary N) is 1. The third kappa shape index (κ3) is 7.46. The van der Waals surface area contributed by atoms with Crippen molar-refractivity contribution in [3.8, 4) is 0 Å². The lowest BCUT2D eigenvalue weighted by Gasteiger charge is -2.30. The highest BCUT2D eigenvalue weighted by molar-refractivity contribution is 6.13. The third-order valence-corrected chi connectivity index (χ3v) is 8.74. The zero-order valence-electron chi connectivity index (χ0n) is 29.4. The van der Waals surface area contributed by atoms with E-state index in [2.05, 4.69) is 5.32 Å². The Bertz CT molecular complexity index is 1950. The highest BCUT2D eigenvalue weighted by Crippen LogP contribution is 2.36. The number of ether oxygens (including phenoxy) is 2. The number of nitrogens with zero attached hydrogens (tertiary/aromatic N) is 3. The number of carbonyl (C=O) groups is 5. The standard InChI is InChI=1S/C39H42N4O7/c1-24-16-17-26-12-8-9-13-29(26)30(24)22-42-32-14-10-11-15-33(32)43(35(45)27-18-20-28(21-19-27)37(47)49-7)23-31(36(42)46)40-34(44)25(2)41(6)38(48)50-39(3,4)5/h8-21,25,31H,22-23H2,1-7H3,(H,40,44). The molecule has 4 aromatic carbocycles. The van der Waals surface area contributed by atoms with Crippen molar-refractivity contribution in [2.45, 2.75) is 58.8 Å². The predicted molar refractivity (Wildman–Crippen MR) is 191 cm³/mol. The molecule has 5 rings (SSSR count). The minimum Gasteiger partial charge on any atom is -0.465 e. The van der Waals surface area contributed by atoms with Gasteiger partial charge in [-0.05, 0) is 92.9 Å². The van der Waals surface area contributed by atoms with E-state index >= 15 is 0 Å². The number of hydrogen-bond donors (Lipinski definition) is 1. The van der Waals surface area contributed by atoms with Crippen LogP contribution in [0.5, 0.6) is 0 Å². The SMILES string of the molecule is COC(=O)c1ccc(C(=O)N2CC(NC(=O)C(C)N(C)C(=O)OC(C)(C)C)C(=O)N(Cc3c(C)ccc4ccccc34)c3ccccc32)cc1. The molecule has 0 saturated heterocycles. The molecule has 0 fully saturated rings. The molecule has 50 heavy (non-hydrogen) atoms. The fraction of sp³-hybridized carbons (Fsp3) is 0.308. The van der Waals surface area contributed by atoms with Gasteiger partial charge in [-0.25, -0.2) is 9.59 Å². The lowest BCUT2D eigenvalue weighted by atomic mass is 9.99. The van der Waals surface area contributed by atoms with Gasteiger partial charge >= 0.3 is 12.1 Å². The monoisotopic (exact) mass is 678 g/mol. The van der Waals surface area contributed by atoms with E-state index in [1.807, 2.05) is 43.3 Å². The number of carbonyl (C=O) groups excluding carboxylic acids is 5. The van der Waals surface area contributed by atoms with Gasteiger partial charge in [0.2, 0.25) is 5.91 Å². The Kier molecular flexibility index (Phi) is 10.3. The van der Waals surface area contributed by atoms with Gasteiger partial charge in [0, 0.05) is 12.6 Å². The van der Waals surface area contributed by atoms with E-state index in [0.29, 0.717) is 11.4 Å². The highest BCUT2D eigenvalue weighted by atomic mass is 16.6. The van der Waals surface area contributed by atoms with Crippen molar-refractivity contribution < 1.29 is 33.4 Å². The molecular formula is C39H42N4O7. The van der Waals surface area contributed by atoms with Crippen molar-refractivity contribution in [1.82, 2.24) is 10.2 Å². The second-order valence-corrected chi connectivity index (χ2v) is 13.3. The molecular weight excluding hydrogens is 636 g/mol. The van der Waals surface area contributed by atoms with Crippen LogP contribution in [0.15, 0.2) is 84.9 Å². The first-order valence-corrected chi connectivity index (χ1v) is 16.3.